The zero-order valence-corrected chi connectivity index (χ0v) is 17.8. The van der Waals surface area contributed by atoms with Crippen molar-refractivity contribution in [3.63, 3.8) is 0 Å². The van der Waals surface area contributed by atoms with Crippen molar-refractivity contribution in [1.82, 2.24) is 16.0 Å². The van der Waals surface area contributed by atoms with Gasteiger partial charge in [-0.1, -0.05) is 63.8 Å². The third-order valence-corrected chi connectivity index (χ3v) is 6.14. The molecular weight excluding hydrogens is 374 g/mol. The van der Waals surface area contributed by atoms with Crippen LogP contribution < -0.4 is 16.0 Å². The molecule has 1 aliphatic carbocycles. The highest BCUT2D eigenvalue weighted by Crippen LogP contribution is 2.19. The molecule has 156 valence electrons. The van der Waals surface area contributed by atoms with Crippen molar-refractivity contribution in [2.75, 3.05) is 0 Å². The van der Waals surface area contributed by atoms with Crippen LogP contribution in [0, 0.1) is 5.92 Å². The summed E-state index contributed by atoms with van der Waals surface area (Å²) in [6.45, 7) is 4.79. The third kappa shape index (κ3) is 5.71. The normalized spacial score (nSPS) is 21.6. The van der Waals surface area contributed by atoms with Gasteiger partial charge in [-0.3, -0.25) is 9.59 Å². The SMILES string of the molecule is CCC(C)C(NC(=O)C1Cc2ccccc2CN1)C(=O)NC1CCCCC1.Cl. The largest absolute Gasteiger partial charge is 0.352 e. The molecule has 1 aliphatic heterocycles. The van der Waals surface area contributed by atoms with Crippen LogP contribution in [0.5, 0.6) is 0 Å². The molecule has 3 atom stereocenters. The molecule has 28 heavy (non-hydrogen) atoms. The van der Waals surface area contributed by atoms with Crippen molar-refractivity contribution >= 4 is 24.2 Å². The first-order chi connectivity index (χ1) is 13.1. The number of hydrogen-bond donors (Lipinski definition) is 3. The second-order valence-corrected chi connectivity index (χ2v) is 8.12. The van der Waals surface area contributed by atoms with E-state index < -0.39 is 6.04 Å². The lowest BCUT2D eigenvalue weighted by Crippen LogP contribution is -2.57. The van der Waals surface area contributed by atoms with E-state index in [1.54, 1.807) is 0 Å². The van der Waals surface area contributed by atoms with Crippen LogP contribution in [-0.2, 0) is 22.6 Å². The molecule has 0 aromatic heterocycles. The van der Waals surface area contributed by atoms with Crippen molar-refractivity contribution < 1.29 is 9.59 Å². The Kier molecular flexibility index (Phi) is 8.77. The average Bonchev–Trinajstić information content (AvgIpc) is 2.71. The molecule has 6 heteroatoms. The molecule has 3 rings (SSSR count). The Balaban J connectivity index is 0.00000280. The number of rotatable bonds is 6. The van der Waals surface area contributed by atoms with Crippen molar-refractivity contribution in [3.05, 3.63) is 35.4 Å². The topological polar surface area (TPSA) is 70.2 Å². The van der Waals surface area contributed by atoms with Crippen LogP contribution in [0.1, 0.15) is 63.5 Å². The molecule has 0 radical (unpaired) electrons. The molecule has 1 saturated carbocycles. The van der Waals surface area contributed by atoms with Crippen LogP contribution in [-0.4, -0.2) is 29.9 Å². The van der Waals surface area contributed by atoms with Crippen LogP contribution in [0.3, 0.4) is 0 Å². The molecule has 1 fully saturated rings. The monoisotopic (exact) mass is 407 g/mol. The van der Waals surface area contributed by atoms with E-state index in [0.29, 0.717) is 13.0 Å². The molecule has 3 unspecified atom stereocenters. The molecule has 5 nitrogen and oxygen atoms in total. The predicted molar refractivity (Wildman–Crippen MR) is 114 cm³/mol. The minimum atomic E-state index is -0.469. The van der Waals surface area contributed by atoms with Crippen molar-refractivity contribution in [1.29, 1.82) is 0 Å². The summed E-state index contributed by atoms with van der Waals surface area (Å²) in [6.07, 6.45) is 7.23. The van der Waals surface area contributed by atoms with Gasteiger partial charge in [-0.25, -0.2) is 0 Å². The van der Waals surface area contributed by atoms with Gasteiger partial charge in [-0.05, 0) is 36.3 Å². The lowest BCUT2D eigenvalue weighted by Gasteiger charge is -2.31. The minimum absolute atomic E-state index is 0. The zero-order chi connectivity index (χ0) is 19.2. The van der Waals surface area contributed by atoms with E-state index in [1.807, 2.05) is 19.1 Å². The summed E-state index contributed by atoms with van der Waals surface area (Å²) in [4.78, 5) is 25.8. The number of carbonyl (C=O) groups excluding carboxylic acids is 2. The standard InChI is InChI=1S/C22H33N3O2.ClH/c1-3-15(2)20(22(27)24-18-11-5-4-6-12-18)25-21(26)19-13-16-9-7-8-10-17(16)14-23-19;/h7-10,15,18-20,23H,3-6,11-14H2,1-2H3,(H,24,27)(H,25,26);1H. The number of nitrogens with one attached hydrogen (secondary N) is 3. The van der Waals surface area contributed by atoms with E-state index in [9.17, 15) is 9.59 Å². The van der Waals surface area contributed by atoms with E-state index in [1.165, 1.54) is 30.4 Å². The zero-order valence-electron chi connectivity index (χ0n) is 17.0. The van der Waals surface area contributed by atoms with Gasteiger partial charge >= 0.3 is 0 Å². The maximum absolute atomic E-state index is 12.9. The number of benzene rings is 1. The van der Waals surface area contributed by atoms with Crippen molar-refractivity contribution in [3.8, 4) is 0 Å². The predicted octanol–water partition coefficient (Wildman–Crippen LogP) is 3.10. The number of halogens is 1. The van der Waals surface area contributed by atoms with E-state index in [2.05, 4.69) is 35.0 Å². The molecule has 1 aromatic rings. The molecule has 1 aromatic carbocycles. The summed E-state index contributed by atoms with van der Waals surface area (Å²) in [7, 11) is 0. The van der Waals surface area contributed by atoms with Crippen LogP contribution in [0.4, 0.5) is 0 Å². The van der Waals surface area contributed by atoms with Gasteiger partial charge in [0, 0.05) is 12.6 Å². The summed E-state index contributed by atoms with van der Waals surface area (Å²) in [6, 6.07) is 7.72. The quantitative estimate of drug-likeness (QED) is 0.678. The van der Waals surface area contributed by atoms with E-state index in [4.69, 9.17) is 0 Å². The highest BCUT2D eigenvalue weighted by atomic mass is 35.5. The van der Waals surface area contributed by atoms with E-state index in [0.717, 1.165) is 19.3 Å². The lowest BCUT2D eigenvalue weighted by molar-refractivity contribution is -0.131. The Morgan fingerprint density at radius 2 is 1.82 bits per heavy atom. The van der Waals surface area contributed by atoms with Gasteiger partial charge in [0.2, 0.25) is 11.8 Å². The fourth-order valence-corrected chi connectivity index (χ4v) is 4.13. The van der Waals surface area contributed by atoms with Crippen LogP contribution >= 0.6 is 12.4 Å². The highest BCUT2D eigenvalue weighted by molar-refractivity contribution is 5.90. The number of carbonyl (C=O) groups is 2. The summed E-state index contributed by atoms with van der Waals surface area (Å²) >= 11 is 0. The van der Waals surface area contributed by atoms with E-state index >= 15 is 0 Å². The van der Waals surface area contributed by atoms with Crippen LogP contribution in [0.2, 0.25) is 0 Å². The second-order valence-electron chi connectivity index (χ2n) is 8.12. The lowest BCUT2D eigenvalue weighted by atomic mass is 9.92. The Bertz CT molecular complexity index is 661. The molecular formula is C22H34ClN3O2. The maximum Gasteiger partial charge on any atom is 0.243 e. The maximum atomic E-state index is 12.9. The molecule has 2 amide bonds. The van der Waals surface area contributed by atoms with Crippen molar-refractivity contribution in [2.45, 2.75) is 83.5 Å². The highest BCUT2D eigenvalue weighted by Gasteiger charge is 2.31. The Labute approximate surface area is 174 Å². The van der Waals surface area contributed by atoms with Crippen molar-refractivity contribution in [2.24, 2.45) is 5.92 Å². The number of fused-ring (bicyclic) bond motifs is 1. The summed E-state index contributed by atoms with van der Waals surface area (Å²) in [5.41, 5.74) is 2.46. The second kappa shape index (κ2) is 10.8. The van der Waals surface area contributed by atoms with Gasteiger partial charge in [0.25, 0.3) is 0 Å². The first kappa shape index (κ1) is 22.7. The molecule has 0 bridgehead atoms. The molecule has 3 N–H and O–H groups in total. The average molecular weight is 408 g/mol. The minimum Gasteiger partial charge on any atom is -0.352 e. The first-order valence-electron chi connectivity index (χ1n) is 10.5. The molecule has 2 aliphatic rings. The van der Waals surface area contributed by atoms with Gasteiger partial charge < -0.3 is 16.0 Å². The van der Waals surface area contributed by atoms with Gasteiger partial charge in [0.05, 0.1) is 6.04 Å². The fraction of sp³-hybridized carbons (Fsp3) is 0.636. The smallest absolute Gasteiger partial charge is 0.243 e. The third-order valence-electron chi connectivity index (χ3n) is 6.14. The Morgan fingerprint density at radius 3 is 2.50 bits per heavy atom. The molecule has 0 spiro atoms. The summed E-state index contributed by atoms with van der Waals surface area (Å²) < 4.78 is 0. The van der Waals surface area contributed by atoms with Gasteiger partial charge in [0.15, 0.2) is 0 Å². The van der Waals surface area contributed by atoms with Crippen LogP contribution in [0.25, 0.3) is 0 Å². The Morgan fingerprint density at radius 1 is 1.14 bits per heavy atom. The van der Waals surface area contributed by atoms with Gasteiger partial charge in [-0.15, -0.1) is 12.4 Å². The molecule has 1 heterocycles. The first-order valence-corrected chi connectivity index (χ1v) is 10.5. The number of amides is 2. The van der Waals surface area contributed by atoms with Gasteiger partial charge in [0.1, 0.15) is 6.04 Å². The summed E-state index contributed by atoms with van der Waals surface area (Å²) in [5, 5.41) is 9.54. The Hall–Kier alpha value is -1.59. The van der Waals surface area contributed by atoms with Gasteiger partial charge in [-0.2, -0.15) is 0 Å². The molecule has 0 saturated heterocycles. The summed E-state index contributed by atoms with van der Waals surface area (Å²) in [5.74, 6) is 0.00261. The number of hydrogen-bond acceptors (Lipinski definition) is 3. The van der Waals surface area contributed by atoms with E-state index in [-0.39, 0.29) is 42.2 Å². The fourth-order valence-electron chi connectivity index (χ4n) is 4.13. The van der Waals surface area contributed by atoms with Crippen LogP contribution in [0.15, 0.2) is 24.3 Å².